The average Bonchev–Trinajstić information content (AvgIpc) is 2.44. The van der Waals surface area contributed by atoms with E-state index in [2.05, 4.69) is 15.9 Å². The van der Waals surface area contributed by atoms with Crippen molar-refractivity contribution in [2.45, 2.75) is 6.61 Å². The third-order valence-electron chi connectivity index (χ3n) is 2.59. The molecule has 0 saturated heterocycles. The number of hydrogen-bond donors (Lipinski definition) is 0. The molecule has 0 aromatic heterocycles. The number of allylic oxidation sites excluding steroid dienone is 1. The van der Waals surface area contributed by atoms with Gasteiger partial charge >= 0.3 is 0 Å². The maximum atomic E-state index is 13.0. The van der Waals surface area contributed by atoms with Gasteiger partial charge in [-0.3, -0.25) is 0 Å². The molecule has 0 aliphatic carbocycles. The molecule has 0 spiro atoms. The molecule has 2 aromatic carbocycles. The highest BCUT2D eigenvalue weighted by Gasteiger charge is 2.03. The minimum Gasteiger partial charge on any atom is -0.488 e. The molecule has 0 radical (unpaired) electrons. The smallest absolute Gasteiger partial charge is 0.134 e. The number of ether oxygens (including phenoxy) is 1. The SMILES string of the molecule is N#C/C=C/c1ccc(OCc2cccc(F)c2)c(Br)c1. The van der Waals surface area contributed by atoms with E-state index in [9.17, 15) is 4.39 Å². The molecule has 2 nitrogen and oxygen atoms in total. The van der Waals surface area contributed by atoms with Gasteiger partial charge in [-0.25, -0.2) is 4.39 Å². The average molecular weight is 332 g/mol. The molecule has 0 aliphatic heterocycles. The van der Waals surface area contributed by atoms with Crippen LogP contribution in [0.4, 0.5) is 4.39 Å². The van der Waals surface area contributed by atoms with Crippen LogP contribution >= 0.6 is 15.9 Å². The maximum absolute atomic E-state index is 13.0. The zero-order chi connectivity index (χ0) is 14.4. The second-order valence-corrected chi connectivity index (χ2v) is 4.93. The summed E-state index contributed by atoms with van der Waals surface area (Å²) in [5.41, 5.74) is 1.67. The van der Waals surface area contributed by atoms with E-state index in [0.29, 0.717) is 12.4 Å². The van der Waals surface area contributed by atoms with Crippen LogP contribution in [0.1, 0.15) is 11.1 Å². The summed E-state index contributed by atoms with van der Waals surface area (Å²) in [6.45, 7) is 0.295. The minimum atomic E-state index is -0.276. The molecule has 0 N–H and O–H groups in total. The van der Waals surface area contributed by atoms with E-state index in [1.165, 1.54) is 18.2 Å². The molecule has 100 valence electrons. The topological polar surface area (TPSA) is 33.0 Å². The summed E-state index contributed by atoms with van der Waals surface area (Å²) >= 11 is 3.41. The fourth-order valence-corrected chi connectivity index (χ4v) is 2.17. The van der Waals surface area contributed by atoms with Crippen molar-refractivity contribution in [3.63, 3.8) is 0 Å². The van der Waals surface area contributed by atoms with Crippen LogP contribution in [0.25, 0.3) is 6.08 Å². The van der Waals surface area contributed by atoms with Crippen LogP contribution in [0.2, 0.25) is 0 Å². The molecule has 2 aromatic rings. The maximum Gasteiger partial charge on any atom is 0.134 e. The molecule has 0 fully saturated rings. The van der Waals surface area contributed by atoms with E-state index in [1.807, 2.05) is 18.2 Å². The van der Waals surface area contributed by atoms with Gasteiger partial charge in [-0.2, -0.15) is 5.26 Å². The molecule has 2 rings (SSSR count). The molecular formula is C16H11BrFNO. The van der Waals surface area contributed by atoms with Crippen molar-refractivity contribution in [3.05, 3.63) is 70.0 Å². The van der Waals surface area contributed by atoms with Gasteiger partial charge < -0.3 is 4.74 Å². The Balaban J connectivity index is 2.07. The van der Waals surface area contributed by atoms with Gasteiger partial charge in [-0.15, -0.1) is 0 Å². The van der Waals surface area contributed by atoms with Crippen LogP contribution in [-0.2, 0) is 6.61 Å². The summed E-state index contributed by atoms with van der Waals surface area (Å²) in [4.78, 5) is 0. The Morgan fingerprint density at radius 1 is 1.25 bits per heavy atom. The number of hydrogen-bond acceptors (Lipinski definition) is 2. The number of benzene rings is 2. The van der Waals surface area contributed by atoms with Gasteiger partial charge in [0.25, 0.3) is 0 Å². The van der Waals surface area contributed by atoms with Crippen LogP contribution in [0, 0.1) is 17.1 Å². The lowest BCUT2D eigenvalue weighted by molar-refractivity contribution is 0.303. The van der Waals surface area contributed by atoms with Crippen molar-refractivity contribution in [2.24, 2.45) is 0 Å². The predicted octanol–water partition coefficient (Wildman–Crippen LogP) is 4.70. The Morgan fingerprint density at radius 2 is 2.10 bits per heavy atom. The second kappa shape index (κ2) is 6.88. The van der Waals surface area contributed by atoms with E-state index in [4.69, 9.17) is 10.00 Å². The highest BCUT2D eigenvalue weighted by atomic mass is 79.9. The minimum absolute atomic E-state index is 0.276. The molecule has 4 heteroatoms. The highest BCUT2D eigenvalue weighted by molar-refractivity contribution is 9.10. The van der Waals surface area contributed by atoms with Crippen molar-refractivity contribution in [3.8, 4) is 11.8 Å². The number of nitriles is 1. The van der Waals surface area contributed by atoms with Crippen molar-refractivity contribution < 1.29 is 9.13 Å². The lowest BCUT2D eigenvalue weighted by atomic mass is 10.2. The molecule has 0 saturated carbocycles. The predicted molar refractivity (Wildman–Crippen MR) is 79.5 cm³/mol. The fraction of sp³-hybridized carbons (Fsp3) is 0.0625. The molecule has 0 atom stereocenters. The van der Waals surface area contributed by atoms with Crippen molar-refractivity contribution >= 4 is 22.0 Å². The third kappa shape index (κ3) is 3.94. The number of halogens is 2. The van der Waals surface area contributed by atoms with Gasteiger partial charge in [0.05, 0.1) is 10.5 Å². The Kier molecular flexibility index (Phi) is 4.91. The van der Waals surface area contributed by atoms with Gasteiger partial charge in [-0.1, -0.05) is 18.2 Å². The van der Waals surface area contributed by atoms with Crippen molar-refractivity contribution in [1.29, 1.82) is 5.26 Å². The number of rotatable bonds is 4. The van der Waals surface area contributed by atoms with Gasteiger partial charge in [-0.05, 0) is 57.4 Å². The molecular weight excluding hydrogens is 321 g/mol. The van der Waals surface area contributed by atoms with Gasteiger partial charge in [0.1, 0.15) is 18.2 Å². The molecule has 0 bridgehead atoms. The summed E-state index contributed by atoms with van der Waals surface area (Å²) in [5.74, 6) is 0.394. The highest BCUT2D eigenvalue weighted by Crippen LogP contribution is 2.27. The first-order valence-electron chi connectivity index (χ1n) is 5.92. The molecule has 20 heavy (non-hydrogen) atoms. The normalized spacial score (nSPS) is 10.4. The Bertz CT molecular complexity index is 676. The number of nitrogens with zero attached hydrogens (tertiary/aromatic N) is 1. The van der Waals surface area contributed by atoms with Crippen LogP contribution in [0.3, 0.4) is 0 Å². The Hall–Kier alpha value is -2.12. The summed E-state index contributed by atoms with van der Waals surface area (Å²) < 4.78 is 19.5. The van der Waals surface area contributed by atoms with Crippen LogP contribution in [0.15, 0.2) is 53.0 Å². The van der Waals surface area contributed by atoms with E-state index >= 15 is 0 Å². The molecule has 0 amide bonds. The van der Waals surface area contributed by atoms with E-state index in [0.717, 1.165) is 15.6 Å². The van der Waals surface area contributed by atoms with Gasteiger partial charge in [0.15, 0.2) is 0 Å². The first-order valence-corrected chi connectivity index (χ1v) is 6.71. The van der Waals surface area contributed by atoms with E-state index in [1.54, 1.807) is 24.3 Å². The van der Waals surface area contributed by atoms with Crippen molar-refractivity contribution in [1.82, 2.24) is 0 Å². The lowest BCUT2D eigenvalue weighted by Crippen LogP contribution is -1.96. The first kappa shape index (κ1) is 14.3. The summed E-state index contributed by atoms with van der Waals surface area (Å²) in [6, 6.07) is 13.7. The quantitative estimate of drug-likeness (QED) is 0.760. The van der Waals surface area contributed by atoms with E-state index in [-0.39, 0.29) is 5.82 Å². The summed E-state index contributed by atoms with van der Waals surface area (Å²) in [7, 11) is 0. The van der Waals surface area contributed by atoms with Gasteiger partial charge in [0.2, 0.25) is 0 Å². The Morgan fingerprint density at radius 3 is 2.80 bits per heavy atom. The van der Waals surface area contributed by atoms with Crippen LogP contribution < -0.4 is 4.74 Å². The summed E-state index contributed by atoms with van der Waals surface area (Å²) in [6.07, 6.45) is 3.12. The first-order chi connectivity index (χ1) is 9.69. The largest absolute Gasteiger partial charge is 0.488 e. The lowest BCUT2D eigenvalue weighted by Gasteiger charge is -2.09. The van der Waals surface area contributed by atoms with E-state index < -0.39 is 0 Å². The van der Waals surface area contributed by atoms with Crippen LogP contribution in [-0.4, -0.2) is 0 Å². The zero-order valence-corrected chi connectivity index (χ0v) is 12.1. The third-order valence-corrected chi connectivity index (χ3v) is 3.21. The van der Waals surface area contributed by atoms with Crippen molar-refractivity contribution in [2.75, 3.05) is 0 Å². The summed E-state index contributed by atoms with van der Waals surface area (Å²) in [5, 5.41) is 8.48. The van der Waals surface area contributed by atoms with Crippen LogP contribution in [0.5, 0.6) is 5.75 Å². The molecule has 0 heterocycles. The van der Waals surface area contributed by atoms with Gasteiger partial charge in [0, 0.05) is 6.08 Å². The fourth-order valence-electron chi connectivity index (χ4n) is 1.66. The zero-order valence-electron chi connectivity index (χ0n) is 10.5. The monoisotopic (exact) mass is 331 g/mol. The standard InChI is InChI=1S/C16H11BrFNO/c17-15-10-12(4-2-8-19)6-7-16(15)20-11-13-3-1-5-14(18)9-13/h1-7,9-10H,11H2/b4-2+. The Labute approximate surface area is 125 Å². The molecule has 0 unspecified atom stereocenters. The second-order valence-electron chi connectivity index (χ2n) is 4.07. The molecule has 0 aliphatic rings.